The second-order valence-electron chi connectivity index (χ2n) is 6.06. The van der Waals surface area contributed by atoms with Crippen molar-refractivity contribution < 1.29 is 13.2 Å². The molecule has 2 N–H and O–H groups in total. The number of benzene rings is 1. The van der Waals surface area contributed by atoms with Crippen LogP contribution in [0.5, 0.6) is 0 Å². The number of halogens is 3. The van der Waals surface area contributed by atoms with Gasteiger partial charge in [-0.15, -0.1) is 0 Å². The van der Waals surface area contributed by atoms with E-state index in [-0.39, 0.29) is 16.8 Å². The maximum atomic E-state index is 13.0. The first-order valence-corrected chi connectivity index (χ1v) is 8.10. The van der Waals surface area contributed by atoms with E-state index in [0.29, 0.717) is 6.04 Å². The lowest BCUT2D eigenvalue weighted by molar-refractivity contribution is -0.136. The van der Waals surface area contributed by atoms with E-state index in [1.807, 2.05) is 14.1 Å². The molecule has 0 heterocycles. The molecule has 7 heteroatoms. The highest BCUT2D eigenvalue weighted by Crippen LogP contribution is 2.34. The molecule has 0 unspecified atom stereocenters. The molecular formula is C16H22F3N3S. The van der Waals surface area contributed by atoms with E-state index >= 15 is 0 Å². The van der Waals surface area contributed by atoms with Crippen LogP contribution in [0.4, 0.5) is 18.9 Å². The summed E-state index contributed by atoms with van der Waals surface area (Å²) in [6.45, 7) is 0. The lowest BCUT2D eigenvalue weighted by atomic mass is 9.90. The zero-order chi connectivity index (χ0) is 17.0. The van der Waals surface area contributed by atoms with Gasteiger partial charge in [-0.1, -0.05) is 25.0 Å². The second-order valence-corrected chi connectivity index (χ2v) is 6.47. The van der Waals surface area contributed by atoms with Crippen molar-refractivity contribution in [3.8, 4) is 0 Å². The van der Waals surface area contributed by atoms with Gasteiger partial charge in [0.15, 0.2) is 5.11 Å². The zero-order valence-electron chi connectivity index (χ0n) is 13.3. The van der Waals surface area contributed by atoms with Gasteiger partial charge in [0.05, 0.1) is 11.3 Å². The molecule has 2 atom stereocenters. The van der Waals surface area contributed by atoms with Gasteiger partial charge in [-0.2, -0.15) is 13.2 Å². The number of likely N-dealkylation sites (N-methyl/N-ethyl adjacent to an activating group) is 1. The van der Waals surface area contributed by atoms with Crippen molar-refractivity contribution in [2.24, 2.45) is 0 Å². The number of anilines is 1. The molecule has 0 radical (unpaired) electrons. The zero-order valence-corrected chi connectivity index (χ0v) is 14.1. The van der Waals surface area contributed by atoms with Gasteiger partial charge in [-0.25, -0.2) is 0 Å². The fourth-order valence-corrected chi connectivity index (χ4v) is 3.33. The summed E-state index contributed by atoms with van der Waals surface area (Å²) in [4.78, 5) is 2.14. The number of rotatable bonds is 3. The summed E-state index contributed by atoms with van der Waals surface area (Å²) >= 11 is 5.23. The molecule has 0 spiro atoms. The predicted octanol–water partition coefficient (Wildman–Crippen LogP) is 3.86. The lowest BCUT2D eigenvalue weighted by Gasteiger charge is -2.37. The van der Waals surface area contributed by atoms with E-state index in [1.54, 1.807) is 6.07 Å². The molecule has 1 fully saturated rings. The van der Waals surface area contributed by atoms with Gasteiger partial charge in [-0.3, -0.25) is 0 Å². The van der Waals surface area contributed by atoms with Crippen molar-refractivity contribution in [1.82, 2.24) is 10.2 Å². The van der Waals surface area contributed by atoms with Crippen LogP contribution in [0.3, 0.4) is 0 Å². The summed E-state index contributed by atoms with van der Waals surface area (Å²) in [6.07, 6.45) is -0.115. The van der Waals surface area contributed by atoms with Gasteiger partial charge < -0.3 is 15.5 Å². The van der Waals surface area contributed by atoms with E-state index in [1.165, 1.54) is 12.1 Å². The maximum Gasteiger partial charge on any atom is 0.418 e. The first kappa shape index (κ1) is 18.0. The Labute approximate surface area is 140 Å². The number of alkyl halides is 3. The largest absolute Gasteiger partial charge is 0.418 e. The number of para-hydroxylation sites is 1. The molecule has 128 valence electrons. The number of nitrogens with one attached hydrogen (secondary N) is 2. The van der Waals surface area contributed by atoms with Crippen LogP contribution in [-0.4, -0.2) is 36.2 Å². The first-order chi connectivity index (χ1) is 10.8. The quantitative estimate of drug-likeness (QED) is 0.814. The van der Waals surface area contributed by atoms with Crippen molar-refractivity contribution in [2.45, 2.75) is 43.9 Å². The summed E-state index contributed by atoms with van der Waals surface area (Å²) < 4.78 is 39.0. The van der Waals surface area contributed by atoms with Crippen LogP contribution in [0, 0.1) is 0 Å². The predicted molar refractivity (Wildman–Crippen MR) is 90.5 cm³/mol. The summed E-state index contributed by atoms with van der Waals surface area (Å²) in [6, 6.07) is 5.85. The van der Waals surface area contributed by atoms with Crippen LogP contribution < -0.4 is 10.6 Å². The molecular weight excluding hydrogens is 323 g/mol. The van der Waals surface area contributed by atoms with E-state index in [2.05, 4.69) is 15.5 Å². The molecule has 0 saturated heterocycles. The minimum atomic E-state index is -4.41. The normalized spacial score (nSPS) is 22.0. The van der Waals surface area contributed by atoms with Gasteiger partial charge in [0, 0.05) is 12.1 Å². The summed E-state index contributed by atoms with van der Waals surface area (Å²) in [5.74, 6) is 0. The van der Waals surface area contributed by atoms with Crippen LogP contribution in [0.2, 0.25) is 0 Å². The number of nitrogens with zero attached hydrogens (tertiary/aromatic N) is 1. The highest BCUT2D eigenvalue weighted by Gasteiger charge is 2.33. The molecule has 0 aliphatic heterocycles. The Morgan fingerprint density at radius 3 is 2.48 bits per heavy atom. The third kappa shape index (κ3) is 4.81. The molecule has 1 aromatic carbocycles. The Morgan fingerprint density at radius 1 is 1.17 bits per heavy atom. The van der Waals surface area contributed by atoms with Gasteiger partial charge in [0.1, 0.15) is 0 Å². The summed E-state index contributed by atoms with van der Waals surface area (Å²) in [7, 11) is 4.03. The number of hydrogen-bond acceptors (Lipinski definition) is 2. The smallest absolute Gasteiger partial charge is 0.358 e. The van der Waals surface area contributed by atoms with E-state index in [0.717, 1.165) is 31.7 Å². The maximum absolute atomic E-state index is 13.0. The van der Waals surface area contributed by atoms with Crippen molar-refractivity contribution in [3.05, 3.63) is 29.8 Å². The monoisotopic (exact) mass is 345 g/mol. The molecule has 1 aromatic rings. The van der Waals surface area contributed by atoms with E-state index in [9.17, 15) is 13.2 Å². The van der Waals surface area contributed by atoms with Gasteiger partial charge in [0.2, 0.25) is 0 Å². The number of hydrogen-bond donors (Lipinski definition) is 2. The third-order valence-electron chi connectivity index (χ3n) is 4.19. The average Bonchev–Trinajstić information content (AvgIpc) is 2.47. The fraction of sp³-hybridized carbons (Fsp3) is 0.562. The van der Waals surface area contributed by atoms with Crippen molar-refractivity contribution in [2.75, 3.05) is 19.4 Å². The molecule has 1 aliphatic carbocycles. The lowest BCUT2D eigenvalue weighted by Crippen LogP contribution is -2.52. The first-order valence-electron chi connectivity index (χ1n) is 7.69. The third-order valence-corrected chi connectivity index (χ3v) is 4.41. The van der Waals surface area contributed by atoms with Gasteiger partial charge in [-0.05, 0) is 51.3 Å². The highest BCUT2D eigenvalue weighted by atomic mass is 32.1. The summed E-state index contributed by atoms with van der Waals surface area (Å²) in [5.41, 5.74) is -0.730. The molecule has 0 bridgehead atoms. The van der Waals surface area contributed by atoms with E-state index in [4.69, 9.17) is 12.2 Å². The van der Waals surface area contributed by atoms with Crippen LogP contribution in [0.1, 0.15) is 31.2 Å². The highest BCUT2D eigenvalue weighted by molar-refractivity contribution is 7.80. The van der Waals surface area contributed by atoms with Crippen molar-refractivity contribution in [3.63, 3.8) is 0 Å². The molecule has 2 rings (SSSR count). The van der Waals surface area contributed by atoms with E-state index < -0.39 is 11.7 Å². The Morgan fingerprint density at radius 2 is 1.83 bits per heavy atom. The van der Waals surface area contributed by atoms with Crippen molar-refractivity contribution >= 4 is 23.0 Å². The fourth-order valence-electron chi connectivity index (χ4n) is 3.06. The van der Waals surface area contributed by atoms with Crippen LogP contribution >= 0.6 is 12.2 Å². The van der Waals surface area contributed by atoms with Crippen molar-refractivity contribution in [1.29, 1.82) is 0 Å². The number of thiocarbonyl (C=S) groups is 1. The average molecular weight is 345 g/mol. The van der Waals surface area contributed by atoms with Crippen LogP contribution in [0.15, 0.2) is 24.3 Å². The molecule has 3 nitrogen and oxygen atoms in total. The minimum Gasteiger partial charge on any atom is -0.358 e. The Hall–Kier alpha value is -1.34. The molecule has 0 amide bonds. The second kappa shape index (κ2) is 7.49. The molecule has 1 aliphatic rings. The van der Waals surface area contributed by atoms with Gasteiger partial charge in [0.25, 0.3) is 0 Å². The topological polar surface area (TPSA) is 27.3 Å². The summed E-state index contributed by atoms with van der Waals surface area (Å²) in [5, 5.41) is 6.13. The standard InChI is InChI=1S/C16H22F3N3S/c1-22(2)14-10-6-5-9-13(14)21-15(23)20-12-8-4-3-7-11(12)16(17,18)19/h3-4,7-8,13-14H,5-6,9-10H2,1-2H3,(H2,20,21,23)/t13-,14-/m1/s1. The minimum absolute atomic E-state index is 0.0188. The Bertz CT molecular complexity index is 546. The van der Waals surface area contributed by atoms with Crippen LogP contribution in [0.25, 0.3) is 0 Å². The molecule has 23 heavy (non-hydrogen) atoms. The Balaban J connectivity index is 2.05. The van der Waals surface area contributed by atoms with Crippen LogP contribution in [-0.2, 0) is 6.18 Å². The molecule has 1 saturated carbocycles. The SMILES string of the molecule is CN(C)[C@@H]1CCCC[C@H]1NC(=S)Nc1ccccc1C(F)(F)F. The molecule has 0 aromatic heterocycles. The Kier molecular flexibility index (Phi) is 5.86. The van der Waals surface area contributed by atoms with Gasteiger partial charge >= 0.3 is 6.18 Å².